The molecule has 2 saturated carbocycles. The first kappa shape index (κ1) is 27.7. The number of aliphatic hydroxyl groups is 1. The molecule has 1 heterocycles. The predicted octanol–water partition coefficient (Wildman–Crippen LogP) is 6.03. The van der Waals surface area contributed by atoms with Gasteiger partial charge in [-0.2, -0.15) is 5.10 Å². The molecule has 7 nitrogen and oxygen atoms in total. The topological polar surface area (TPSA) is 111 Å². The van der Waals surface area contributed by atoms with E-state index in [4.69, 9.17) is 20.7 Å². The molecule has 3 aliphatic rings. The summed E-state index contributed by atoms with van der Waals surface area (Å²) < 4.78 is 7.92. The number of rotatable bonds is 7. The van der Waals surface area contributed by atoms with Crippen molar-refractivity contribution in [2.24, 2.45) is 40.2 Å². The predicted molar refractivity (Wildman–Crippen MR) is 158 cm³/mol. The number of aromatic nitrogens is 2. The number of carboxylic acids is 1. The molecular weight excluding hydrogens is 514 g/mol. The average Bonchev–Trinajstić information content (AvgIpc) is 3.51. The molecule has 6 rings (SSSR count). The van der Waals surface area contributed by atoms with Gasteiger partial charge in [0.1, 0.15) is 11.5 Å². The summed E-state index contributed by atoms with van der Waals surface area (Å²) in [5.41, 5.74) is 11.7. The Bertz CT molecular complexity index is 1450. The largest absolute Gasteiger partial charge is 0.478 e. The second kappa shape index (κ2) is 10.4. The van der Waals surface area contributed by atoms with E-state index in [2.05, 4.69) is 20.4 Å². The Morgan fingerprint density at radius 2 is 1.78 bits per heavy atom. The van der Waals surface area contributed by atoms with Crippen LogP contribution in [0.15, 0.2) is 66.9 Å². The van der Waals surface area contributed by atoms with Crippen LogP contribution in [0.5, 0.6) is 11.5 Å². The zero-order valence-corrected chi connectivity index (χ0v) is 24.1. The quantitative estimate of drug-likeness (QED) is 0.307. The Morgan fingerprint density at radius 3 is 2.41 bits per heavy atom. The third-order valence-corrected chi connectivity index (χ3v) is 11.0. The lowest BCUT2D eigenvalue weighted by molar-refractivity contribution is -0.0537. The summed E-state index contributed by atoms with van der Waals surface area (Å²) in [6, 6.07) is 14.1. The van der Waals surface area contributed by atoms with Crippen molar-refractivity contribution >= 4 is 5.97 Å². The van der Waals surface area contributed by atoms with Gasteiger partial charge < -0.3 is 20.7 Å². The van der Waals surface area contributed by atoms with Gasteiger partial charge in [-0.25, -0.2) is 9.48 Å². The number of hydrogen-bond donors (Lipinski definition) is 3. The number of hydrogen-bond acceptors (Lipinski definition) is 5. The van der Waals surface area contributed by atoms with Crippen LogP contribution in [0.1, 0.15) is 61.1 Å². The molecule has 6 atom stereocenters. The third kappa shape index (κ3) is 4.59. The molecule has 7 heteroatoms. The number of nitrogens with two attached hydrogens (primary N) is 1. The highest BCUT2D eigenvalue weighted by molar-refractivity contribution is 5.87. The van der Waals surface area contributed by atoms with Gasteiger partial charge >= 0.3 is 5.97 Å². The summed E-state index contributed by atoms with van der Waals surface area (Å²) in [4.78, 5) is 11.1. The van der Waals surface area contributed by atoms with Crippen molar-refractivity contribution in [3.05, 3.63) is 83.7 Å². The number of benzene rings is 2. The van der Waals surface area contributed by atoms with Gasteiger partial charge in [0.15, 0.2) is 0 Å². The molecule has 0 saturated heterocycles. The second-order valence-corrected chi connectivity index (χ2v) is 12.9. The molecule has 4 N–H and O–H groups in total. The van der Waals surface area contributed by atoms with Crippen molar-refractivity contribution < 1.29 is 19.7 Å². The molecule has 216 valence electrons. The van der Waals surface area contributed by atoms with Crippen LogP contribution >= 0.6 is 0 Å². The number of ether oxygens (including phenoxy) is 1. The molecule has 0 spiro atoms. The van der Waals surface area contributed by atoms with Crippen molar-refractivity contribution in [3.63, 3.8) is 0 Å². The van der Waals surface area contributed by atoms with Gasteiger partial charge in [-0.15, -0.1) is 0 Å². The number of allylic oxidation sites excluding steroid dienone is 1. The monoisotopic (exact) mass is 555 g/mol. The summed E-state index contributed by atoms with van der Waals surface area (Å²) in [6.07, 6.45) is 8.27. The lowest BCUT2D eigenvalue weighted by Crippen LogP contribution is -2.53. The van der Waals surface area contributed by atoms with Crippen LogP contribution in [0.4, 0.5) is 0 Å². The molecule has 0 bridgehead atoms. The normalized spacial score (nSPS) is 31.0. The zero-order chi connectivity index (χ0) is 28.9. The molecule has 3 aliphatic carbocycles. The molecule has 0 unspecified atom stereocenters. The number of carboxylic acid groups (broad SMARTS) is 1. The summed E-state index contributed by atoms with van der Waals surface area (Å²) in [5, 5.41) is 24.6. The number of aromatic carboxylic acids is 1. The Kier molecular flexibility index (Phi) is 7.07. The summed E-state index contributed by atoms with van der Waals surface area (Å²) in [5.74, 6) is 1.89. The van der Waals surface area contributed by atoms with Crippen LogP contribution in [0.2, 0.25) is 0 Å². The van der Waals surface area contributed by atoms with Gasteiger partial charge in [-0.1, -0.05) is 26.0 Å². The highest BCUT2D eigenvalue weighted by atomic mass is 16.5. The lowest BCUT2D eigenvalue weighted by atomic mass is 9.49. The number of fused-ring (bicyclic) bond motifs is 2. The molecule has 0 aliphatic heterocycles. The maximum atomic E-state index is 11.1. The van der Waals surface area contributed by atoms with E-state index >= 15 is 0 Å². The van der Waals surface area contributed by atoms with Crippen molar-refractivity contribution in [1.82, 2.24) is 9.78 Å². The number of carbonyl (C=O) groups is 1. The SMILES string of the molecule is C=C1CC[C@H]2[C@H](CN)[C@@H]([C@@]3(C)Cc4cnn(-c5ccc(Oc6ccc(C(=O)O)cc6)cc5)c4C[C@@H]3CO)CC[C@]12C. The van der Waals surface area contributed by atoms with Crippen molar-refractivity contribution in [3.8, 4) is 17.2 Å². The molecular formula is C34H41N3O4. The Hall–Kier alpha value is -3.42. The van der Waals surface area contributed by atoms with Gasteiger partial charge in [-0.3, -0.25) is 0 Å². The van der Waals surface area contributed by atoms with Crippen LogP contribution in [0, 0.1) is 34.5 Å². The molecule has 0 radical (unpaired) electrons. The molecule has 0 amide bonds. The molecule has 2 fully saturated rings. The van der Waals surface area contributed by atoms with Crippen molar-refractivity contribution in [2.45, 2.75) is 52.4 Å². The fraction of sp³-hybridized carbons (Fsp3) is 0.471. The first-order valence-corrected chi connectivity index (χ1v) is 14.8. The van der Waals surface area contributed by atoms with Gasteiger partial charge in [0.25, 0.3) is 0 Å². The fourth-order valence-corrected chi connectivity index (χ4v) is 8.52. The first-order chi connectivity index (χ1) is 19.7. The Morgan fingerprint density at radius 1 is 1.10 bits per heavy atom. The minimum atomic E-state index is -0.965. The highest BCUT2D eigenvalue weighted by Gasteiger charge is 2.56. The zero-order valence-electron chi connectivity index (χ0n) is 24.1. The van der Waals surface area contributed by atoms with E-state index < -0.39 is 5.97 Å². The van der Waals surface area contributed by atoms with Gasteiger partial charge in [0, 0.05) is 12.3 Å². The maximum absolute atomic E-state index is 11.1. The van der Waals surface area contributed by atoms with Gasteiger partial charge in [0.05, 0.1) is 17.4 Å². The van der Waals surface area contributed by atoms with Crippen molar-refractivity contribution in [2.75, 3.05) is 13.2 Å². The third-order valence-electron chi connectivity index (χ3n) is 11.0. The Labute approximate surface area is 242 Å². The van der Waals surface area contributed by atoms with E-state index in [-0.39, 0.29) is 28.9 Å². The van der Waals surface area contributed by atoms with E-state index in [0.717, 1.165) is 37.8 Å². The summed E-state index contributed by atoms with van der Waals surface area (Å²) in [7, 11) is 0. The molecule has 2 aromatic carbocycles. The molecule has 1 aromatic heterocycles. The van der Waals surface area contributed by atoms with E-state index in [1.165, 1.54) is 35.4 Å². The number of nitrogens with zero attached hydrogens (tertiary/aromatic N) is 2. The van der Waals surface area contributed by atoms with Gasteiger partial charge in [0.2, 0.25) is 0 Å². The highest BCUT2D eigenvalue weighted by Crippen LogP contribution is 2.62. The molecule has 3 aromatic rings. The lowest BCUT2D eigenvalue weighted by Gasteiger charge is -2.55. The van der Waals surface area contributed by atoms with Crippen LogP contribution in [-0.4, -0.2) is 39.1 Å². The van der Waals surface area contributed by atoms with Crippen LogP contribution in [0.3, 0.4) is 0 Å². The number of aliphatic hydroxyl groups excluding tert-OH is 1. The summed E-state index contributed by atoms with van der Waals surface area (Å²) in [6.45, 7) is 10.1. The van der Waals surface area contributed by atoms with E-state index in [9.17, 15) is 9.90 Å². The van der Waals surface area contributed by atoms with Crippen LogP contribution in [0.25, 0.3) is 5.69 Å². The minimum absolute atomic E-state index is 0.0429. The standard InChI is InChI=1S/C34H41N3O4/c1-21-4-13-29-28(18-35)30(14-15-33(21,29)2)34(3)17-23-19-36-37(31(23)16-24(34)20-38)25-7-11-27(12-8-25)41-26-9-5-22(6-10-26)32(39)40/h5-12,19,24,28-30,38H,1,4,13-18,20,35H2,2-3H3,(H,39,40)/t24-,28+,29+,30+,33-,34+/m1/s1. The summed E-state index contributed by atoms with van der Waals surface area (Å²) >= 11 is 0. The van der Waals surface area contributed by atoms with E-state index in [1.807, 2.05) is 35.1 Å². The van der Waals surface area contributed by atoms with Gasteiger partial charge in [-0.05, 0) is 134 Å². The van der Waals surface area contributed by atoms with Crippen LogP contribution < -0.4 is 10.5 Å². The maximum Gasteiger partial charge on any atom is 0.335 e. The molecule has 41 heavy (non-hydrogen) atoms. The van der Waals surface area contributed by atoms with Crippen LogP contribution in [-0.2, 0) is 12.8 Å². The van der Waals surface area contributed by atoms with E-state index in [1.54, 1.807) is 12.1 Å². The Balaban J connectivity index is 1.23. The van der Waals surface area contributed by atoms with Crippen molar-refractivity contribution in [1.29, 1.82) is 0 Å². The minimum Gasteiger partial charge on any atom is -0.478 e. The first-order valence-electron chi connectivity index (χ1n) is 14.8. The fourth-order valence-electron chi connectivity index (χ4n) is 8.52. The second-order valence-electron chi connectivity index (χ2n) is 12.9. The average molecular weight is 556 g/mol. The van der Waals surface area contributed by atoms with E-state index in [0.29, 0.717) is 35.8 Å². The smallest absolute Gasteiger partial charge is 0.335 e.